The van der Waals surface area contributed by atoms with Crippen molar-refractivity contribution in [3.63, 3.8) is 0 Å². The molecule has 0 bridgehead atoms. The predicted octanol–water partition coefficient (Wildman–Crippen LogP) is 1.96. The molecule has 2 amide bonds. The number of methoxy groups -OCH3 is 2. The Hall–Kier alpha value is -3.03. The van der Waals surface area contributed by atoms with Crippen LogP contribution in [0, 0.1) is 0 Å². The Morgan fingerprint density at radius 1 is 1.27 bits per heavy atom. The van der Waals surface area contributed by atoms with Gasteiger partial charge in [-0.05, 0) is 32.0 Å². The molecule has 0 aliphatic rings. The first-order valence-corrected chi connectivity index (χ1v) is 8.16. The van der Waals surface area contributed by atoms with E-state index in [1.54, 1.807) is 39.3 Å². The highest BCUT2D eigenvalue weighted by Gasteiger charge is 2.22. The Balaban J connectivity index is 2.19. The summed E-state index contributed by atoms with van der Waals surface area (Å²) >= 11 is 0. The van der Waals surface area contributed by atoms with E-state index in [1.807, 2.05) is 6.92 Å². The number of ether oxygens (including phenoxy) is 2. The molecule has 1 N–H and O–H groups in total. The summed E-state index contributed by atoms with van der Waals surface area (Å²) in [6.07, 6.45) is 0. The second-order valence-corrected chi connectivity index (χ2v) is 5.69. The van der Waals surface area contributed by atoms with Crippen molar-refractivity contribution in [1.82, 2.24) is 15.4 Å². The van der Waals surface area contributed by atoms with Crippen molar-refractivity contribution in [3.05, 3.63) is 30.0 Å². The summed E-state index contributed by atoms with van der Waals surface area (Å²) in [5, 5.41) is 6.41. The Labute approximate surface area is 152 Å². The van der Waals surface area contributed by atoms with Crippen molar-refractivity contribution in [2.24, 2.45) is 0 Å². The summed E-state index contributed by atoms with van der Waals surface area (Å²) in [5.74, 6) is 0.855. The first-order valence-electron chi connectivity index (χ1n) is 8.16. The van der Waals surface area contributed by atoms with Crippen LogP contribution in [0.5, 0.6) is 11.5 Å². The number of rotatable bonds is 7. The first-order chi connectivity index (χ1) is 12.4. The first kappa shape index (κ1) is 19.3. The number of aromatic nitrogens is 1. The molecule has 1 heterocycles. The highest BCUT2D eigenvalue weighted by molar-refractivity contribution is 5.96. The number of nitrogens with zero attached hydrogens (tertiary/aromatic N) is 2. The molecule has 8 nitrogen and oxygen atoms in total. The summed E-state index contributed by atoms with van der Waals surface area (Å²) in [5.41, 5.74) is 0.678. The lowest BCUT2D eigenvalue weighted by Gasteiger charge is -2.20. The second kappa shape index (κ2) is 8.37. The molecule has 0 aliphatic heterocycles. The summed E-state index contributed by atoms with van der Waals surface area (Å²) in [6.45, 7) is 4.04. The molecule has 26 heavy (non-hydrogen) atoms. The van der Waals surface area contributed by atoms with E-state index in [9.17, 15) is 9.59 Å². The third kappa shape index (κ3) is 4.14. The van der Waals surface area contributed by atoms with E-state index in [0.29, 0.717) is 29.4 Å². The maximum atomic E-state index is 12.3. The minimum absolute atomic E-state index is 0.0728. The Kier molecular flexibility index (Phi) is 6.21. The quantitative estimate of drug-likeness (QED) is 0.810. The van der Waals surface area contributed by atoms with Gasteiger partial charge < -0.3 is 24.2 Å². The lowest BCUT2D eigenvalue weighted by molar-refractivity contribution is -0.131. The van der Waals surface area contributed by atoms with Gasteiger partial charge in [0.15, 0.2) is 11.5 Å². The van der Waals surface area contributed by atoms with E-state index in [0.717, 1.165) is 0 Å². The van der Waals surface area contributed by atoms with Gasteiger partial charge in [0, 0.05) is 19.7 Å². The van der Waals surface area contributed by atoms with Crippen LogP contribution >= 0.6 is 0 Å². The Morgan fingerprint density at radius 2 is 2.00 bits per heavy atom. The molecular formula is C18H23N3O5. The molecule has 0 unspecified atom stereocenters. The van der Waals surface area contributed by atoms with Gasteiger partial charge in [0.25, 0.3) is 5.91 Å². The van der Waals surface area contributed by atoms with Crippen LogP contribution in [-0.2, 0) is 4.79 Å². The van der Waals surface area contributed by atoms with Crippen molar-refractivity contribution in [2.75, 3.05) is 27.8 Å². The molecule has 0 saturated heterocycles. The van der Waals surface area contributed by atoms with Gasteiger partial charge in [-0.2, -0.15) is 0 Å². The molecule has 1 aromatic carbocycles. The highest BCUT2D eigenvalue weighted by Crippen LogP contribution is 2.33. The van der Waals surface area contributed by atoms with Crippen LogP contribution in [0.4, 0.5) is 0 Å². The summed E-state index contributed by atoms with van der Waals surface area (Å²) in [4.78, 5) is 25.9. The Bertz CT molecular complexity index is 787. The molecule has 1 aromatic heterocycles. The average Bonchev–Trinajstić information content (AvgIpc) is 3.16. The number of hydrogen-bond acceptors (Lipinski definition) is 6. The third-order valence-corrected chi connectivity index (χ3v) is 3.98. The highest BCUT2D eigenvalue weighted by atomic mass is 16.5. The number of carbonyl (C=O) groups excluding carboxylic acids is 2. The lowest BCUT2D eigenvalue weighted by Crippen LogP contribution is -2.45. The second-order valence-electron chi connectivity index (χ2n) is 5.69. The van der Waals surface area contributed by atoms with Gasteiger partial charge in [-0.3, -0.25) is 9.59 Å². The fourth-order valence-corrected chi connectivity index (χ4v) is 2.33. The number of amides is 2. The van der Waals surface area contributed by atoms with E-state index in [-0.39, 0.29) is 11.6 Å². The molecular weight excluding hydrogens is 338 g/mol. The number of nitrogens with one attached hydrogen (secondary N) is 1. The van der Waals surface area contributed by atoms with E-state index >= 15 is 0 Å². The molecule has 0 spiro atoms. The fraction of sp³-hybridized carbons (Fsp3) is 0.389. The van der Waals surface area contributed by atoms with Gasteiger partial charge in [-0.15, -0.1) is 0 Å². The van der Waals surface area contributed by atoms with Crippen LogP contribution in [0.1, 0.15) is 24.3 Å². The van der Waals surface area contributed by atoms with E-state index < -0.39 is 11.9 Å². The number of benzene rings is 1. The van der Waals surface area contributed by atoms with Crippen LogP contribution in [-0.4, -0.2) is 55.7 Å². The van der Waals surface area contributed by atoms with Crippen LogP contribution < -0.4 is 14.8 Å². The third-order valence-electron chi connectivity index (χ3n) is 3.98. The summed E-state index contributed by atoms with van der Waals surface area (Å²) in [6, 6.07) is 6.04. The molecule has 140 valence electrons. The largest absolute Gasteiger partial charge is 0.497 e. The number of likely N-dealkylation sites (N-methyl/N-ethyl adjacent to an activating group) is 1. The lowest BCUT2D eigenvalue weighted by atomic mass is 10.1. The normalized spacial score (nSPS) is 11.6. The van der Waals surface area contributed by atoms with Crippen LogP contribution in [0.3, 0.4) is 0 Å². The molecule has 0 fully saturated rings. The zero-order valence-electron chi connectivity index (χ0n) is 15.5. The predicted molar refractivity (Wildman–Crippen MR) is 95.3 cm³/mol. The van der Waals surface area contributed by atoms with E-state index in [1.165, 1.54) is 18.1 Å². The minimum atomic E-state index is -0.668. The van der Waals surface area contributed by atoms with Gasteiger partial charge >= 0.3 is 0 Å². The smallest absolute Gasteiger partial charge is 0.274 e. The van der Waals surface area contributed by atoms with Gasteiger partial charge in [0.05, 0.1) is 19.8 Å². The van der Waals surface area contributed by atoms with E-state index in [2.05, 4.69) is 10.5 Å². The van der Waals surface area contributed by atoms with Crippen LogP contribution in [0.25, 0.3) is 11.3 Å². The molecule has 8 heteroatoms. The molecule has 2 aromatic rings. The molecule has 2 rings (SSSR count). The molecule has 0 saturated carbocycles. The van der Waals surface area contributed by atoms with Crippen molar-refractivity contribution >= 4 is 11.8 Å². The standard InChI is InChI=1S/C18H23N3O5/c1-6-21(3)18(23)11(2)19-17(22)14-10-16(26-20-14)13-9-12(24-4)7-8-15(13)25-5/h7-11H,6H2,1-5H3,(H,19,22)/t11-/m1/s1. The van der Waals surface area contributed by atoms with Gasteiger partial charge in [0.1, 0.15) is 17.5 Å². The van der Waals surface area contributed by atoms with Crippen molar-refractivity contribution < 1.29 is 23.6 Å². The number of hydrogen-bond donors (Lipinski definition) is 1. The zero-order chi connectivity index (χ0) is 19.3. The van der Waals surface area contributed by atoms with Crippen molar-refractivity contribution in [1.29, 1.82) is 0 Å². The van der Waals surface area contributed by atoms with Crippen molar-refractivity contribution in [3.8, 4) is 22.8 Å². The van der Waals surface area contributed by atoms with Gasteiger partial charge in [0.2, 0.25) is 5.91 Å². The maximum absolute atomic E-state index is 12.3. The number of carbonyl (C=O) groups is 2. The van der Waals surface area contributed by atoms with Crippen molar-refractivity contribution in [2.45, 2.75) is 19.9 Å². The molecule has 0 aliphatic carbocycles. The topological polar surface area (TPSA) is 93.9 Å². The average molecular weight is 361 g/mol. The summed E-state index contributed by atoms with van der Waals surface area (Å²) in [7, 11) is 4.76. The SMILES string of the molecule is CCN(C)C(=O)[C@@H](C)NC(=O)c1cc(-c2cc(OC)ccc2OC)on1. The Morgan fingerprint density at radius 3 is 2.62 bits per heavy atom. The monoisotopic (exact) mass is 361 g/mol. The molecule has 1 atom stereocenters. The zero-order valence-corrected chi connectivity index (χ0v) is 15.5. The minimum Gasteiger partial charge on any atom is -0.497 e. The van der Waals surface area contributed by atoms with Crippen LogP contribution in [0.15, 0.2) is 28.8 Å². The van der Waals surface area contributed by atoms with E-state index in [4.69, 9.17) is 14.0 Å². The van der Waals surface area contributed by atoms with Crippen LogP contribution in [0.2, 0.25) is 0 Å². The van der Waals surface area contributed by atoms with Gasteiger partial charge in [-0.1, -0.05) is 5.16 Å². The molecule has 0 radical (unpaired) electrons. The fourth-order valence-electron chi connectivity index (χ4n) is 2.33. The summed E-state index contributed by atoms with van der Waals surface area (Å²) < 4.78 is 15.8. The van der Waals surface area contributed by atoms with Gasteiger partial charge in [-0.25, -0.2) is 0 Å². The maximum Gasteiger partial charge on any atom is 0.274 e.